The van der Waals surface area contributed by atoms with Crippen molar-refractivity contribution < 1.29 is 19.3 Å². The molecule has 0 spiro atoms. The van der Waals surface area contributed by atoms with Crippen LogP contribution in [-0.2, 0) is 19.3 Å². The van der Waals surface area contributed by atoms with Gasteiger partial charge in [0.15, 0.2) is 6.79 Å². The highest BCUT2D eigenvalue weighted by molar-refractivity contribution is 5.49. The smallest absolute Gasteiger partial charge is 0.201 e. The van der Waals surface area contributed by atoms with Crippen LogP contribution in [0.1, 0.15) is 39.5 Å². The van der Waals surface area contributed by atoms with Gasteiger partial charge in [-0.2, -0.15) is 4.89 Å². The topological polar surface area (TPSA) is 44.8 Å². The molecular formula is C11H18O4. The highest BCUT2D eigenvalue weighted by Gasteiger charge is 2.31. The summed E-state index contributed by atoms with van der Waals surface area (Å²) in [6, 6.07) is 0. The van der Waals surface area contributed by atoms with E-state index >= 15 is 0 Å². The van der Waals surface area contributed by atoms with E-state index in [1.54, 1.807) is 0 Å². The summed E-state index contributed by atoms with van der Waals surface area (Å²) in [5.74, 6) is -0.610. The number of rotatable bonds is 6. The van der Waals surface area contributed by atoms with Gasteiger partial charge in [0, 0.05) is 12.8 Å². The fraction of sp³-hybridized carbons (Fsp3) is 0.727. The Morgan fingerprint density at radius 3 is 2.87 bits per heavy atom. The predicted octanol–water partition coefficient (Wildman–Crippen LogP) is 2.34. The lowest BCUT2D eigenvalue weighted by atomic mass is 10.1. The van der Waals surface area contributed by atoms with Gasteiger partial charge in [0.2, 0.25) is 5.79 Å². The largest absolute Gasteiger partial charge is 0.318 e. The average Bonchev–Trinajstić information content (AvgIpc) is 2.62. The molecule has 1 heterocycles. The standard InChI is InChI=1S/C11H18O4/c1-10(6-4-8-12)5-3-7-11(2)13-9-14-15-11/h5,8H,3-4,6-7,9H2,1-2H3/b10-5-. The van der Waals surface area contributed by atoms with Crippen molar-refractivity contribution >= 4 is 6.29 Å². The molecule has 0 saturated carbocycles. The van der Waals surface area contributed by atoms with Crippen molar-refractivity contribution in [3.8, 4) is 0 Å². The molecule has 0 bridgehead atoms. The SMILES string of the molecule is C/C(=C/CCC1(C)OCOO1)CCC=O. The Balaban J connectivity index is 2.21. The van der Waals surface area contributed by atoms with Crippen molar-refractivity contribution in [2.24, 2.45) is 0 Å². The molecule has 4 heteroatoms. The summed E-state index contributed by atoms with van der Waals surface area (Å²) in [5, 5.41) is 0. The van der Waals surface area contributed by atoms with Gasteiger partial charge in [0.25, 0.3) is 0 Å². The number of hydrogen-bond donors (Lipinski definition) is 0. The molecule has 1 aliphatic heterocycles. The maximum atomic E-state index is 10.2. The van der Waals surface area contributed by atoms with Gasteiger partial charge in [-0.25, -0.2) is 4.89 Å². The van der Waals surface area contributed by atoms with E-state index in [4.69, 9.17) is 14.5 Å². The Bertz CT molecular complexity index is 229. The lowest BCUT2D eigenvalue weighted by molar-refractivity contribution is -0.316. The van der Waals surface area contributed by atoms with Gasteiger partial charge >= 0.3 is 0 Å². The van der Waals surface area contributed by atoms with Gasteiger partial charge in [-0.05, 0) is 26.7 Å². The number of aldehydes is 1. The fourth-order valence-electron chi connectivity index (χ4n) is 1.40. The molecule has 1 saturated heterocycles. The van der Waals surface area contributed by atoms with E-state index < -0.39 is 5.79 Å². The number of ether oxygens (including phenoxy) is 1. The first-order chi connectivity index (χ1) is 7.16. The highest BCUT2D eigenvalue weighted by atomic mass is 17.3. The molecule has 0 aliphatic carbocycles. The van der Waals surface area contributed by atoms with Gasteiger partial charge in [-0.15, -0.1) is 0 Å². The third-order valence-corrected chi connectivity index (χ3v) is 2.40. The molecule has 0 aromatic carbocycles. The van der Waals surface area contributed by atoms with Crippen LogP contribution >= 0.6 is 0 Å². The summed E-state index contributed by atoms with van der Waals surface area (Å²) in [5.41, 5.74) is 1.23. The molecule has 0 aromatic heterocycles. The quantitative estimate of drug-likeness (QED) is 0.387. The summed E-state index contributed by atoms with van der Waals surface area (Å²) in [4.78, 5) is 19.8. The first-order valence-electron chi connectivity index (χ1n) is 5.20. The van der Waals surface area contributed by atoms with Crippen LogP contribution < -0.4 is 0 Å². The van der Waals surface area contributed by atoms with Gasteiger partial charge < -0.3 is 9.53 Å². The van der Waals surface area contributed by atoms with Gasteiger partial charge in [-0.3, -0.25) is 0 Å². The van der Waals surface area contributed by atoms with Crippen LogP contribution in [0.4, 0.5) is 0 Å². The summed E-state index contributed by atoms with van der Waals surface area (Å²) in [6.45, 7) is 4.08. The molecule has 1 unspecified atom stereocenters. The molecule has 1 fully saturated rings. The van der Waals surface area contributed by atoms with Crippen molar-refractivity contribution in [3.05, 3.63) is 11.6 Å². The molecule has 86 valence electrons. The van der Waals surface area contributed by atoms with Crippen LogP contribution in [0.3, 0.4) is 0 Å². The first-order valence-corrected chi connectivity index (χ1v) is 5.20. The van der Waals surface area contributed by atoms with E-state index in [9.17, 15) is 4.79 Å². The normalized spacial score (nSPS) is 26.9. The monoisotopic (exact) mass is 214 g/mol. The first kappa shape index (κ1) is 12.4. The second-order valence-electron chi connectivity index (χ2n) is 3.89. The minimum atomic E-state index is -0.610. The minimum Gasteiger partial charge on any atom is -0.318 e. The van der Waals surface area contributed by atoms with Crippen LogP contribution in [0.2, 0.25) is 0 Å². The Morgan fingerprint density at radius 1 is 1.47 bits per heavy atom. The third-order valence-electron chi connectivity index (χ3n) is 2.40. The van der Waals surface area contributed by atoms with Crippen LogP contribution in [0.5, 0.6) is 0 Å². The Hall–Kier alpha value is -0.710. The lowest BCUT2D eigenvalue weighted by Crippen LogP contribution is -2.24. The minimum absolute atomic E-state index is 0.199. The highest BCUT2D eigenvalue weighted by Crippen LogP contribution is 2.25. The zero-order valence-corrected chi connectivity index (χ0v) is 9.32. The van der Waals surface area contributed by atoms with Gasteiger partial charge in [-0.1, -0.05) is 11.6 Å². The number of carbonyl (C=O) groups is 1. The Morgan fingerprint density at radius 2 is 2.27 bits per heavy atom. The number of carbonyl (C=O) groups excluding carboxylic acids is 1. The molecule has 1 rings (SSSR count). The van der Waals surface area contributed by atoms with Crippen molar-refractivity contribution in [2.75, 3.05) is 6.79 Å². The summed E-state index contributed by atoms with van der Waals surface area (Å²) < 4.78 is 5.27. The molecule has 0 radical (unpaired) electrons. The molecule has 1 atom stereocenters. The van der Waals surface area contributed by atoms with E-state index in [0.717, 1.165) is 25.5 Å². The van der Waals surface area contributed by atoms with Crippen LogP contribution in [-0.4, -0.2) is 18.9 Å². The zero-order chi connectivity index (χ0) is 11.1. The third kappa shape index (κ3) is 4.55. The fourth-order valence-corrected chi connectivity index (χ4v) is 1.40. The van der Waals surface area contributed by atoms with Crippen LogP contribution in [0, 0.1) is 0 Å². The van der Waals surface area contributed by atoms with Gasteiger partial charge in [0.1, 0.15) is 6.29 Å². The second kappa shape index (κ2) is 6.00. The maximum Gasteiger partial charge on any atom is 0.201 e. The van der Waals surface area contributed by atoms with Crippen LogP contribution in [0.25, 0.3) is 0 Å². The van der Waals surface area contributed by atoms with E-state index in [1.807, 2.05) is 13.8 Å². The lowest BCUT2D eigenvalue weighted by Gasteiger charge is -2.17. The Labute approximate surface area is 90.1 Å². The Kier molecular flexibility index (Phi) is 4.94. The second-order valence-corrected chi connectivity index (χ2v) is 3.89. The van der Waals surface area contributed by atoms with E-state index in [1.165, 1.54) is 5.57 Å². The average molecular weight is 214 g/mol. The molecule has 0 amide bonds. The van der Waals surface area contributed by atoms with E-state index in [0.29, 0.717) is 6.42 Å². The number of allylic oxidation sites excluding steroid dienone is 2. The molecule has 4 nitrogen and oxygen atoms in total. The molecule has 0 N–H and O–H groups in total. The summed E-state index contributed by atoms with van der Waals surface area (Å²) in [6.07, 6.45) is 6.10. The van der Waals surface area contributed by atoms with E-state index in [2.05, 4.69) is 6.08 Å². The van der Waals surface area contributed by atoms with Crippen LogP contribution in [0.15, 0.2) is 11.6 Å². The van der Waals surface area contributed by atoms with E-state index in [-0.39, 0.29) is 6.79 Å². The number of hydrogen-bond acceptors (Lipinski definition) is 4. The maximum absolute atomic E-state index is 10.2. The molecule has 0 aromatic rings. The predicted molar refractivity (Wildman–Crippen MR) is 54.8 cm³/mol. The summed E-state index contributed by atoms with van der Waals surface area (Å²) in [7, 11) is 0. The van der Waals surface area contributed by atoms with Crippen molar-refractivity contribution in [1.29, 1.82) is 0 Å². The van der Waals surface area contributed by atoms with Crippen molar-refractivity contribution in [2.45, 2.75) is 45.3 Å². The molecule has 1 aliphatic rings. The van der Waals surface area contributed by atoms with Crippen molar-refractivity contribution in [1.82, 2.24) is 0 Å². The molecule has 15 heavy (non-hydrogen) atoms. The van der Waals surface area contributed by atoms with Crippen molar-refractivity contribution in [3.63, 3.8) is 0 Å². The summed E-state index contributed by atoms with van der Waals surface area (Å²) >= 11 is 0. The molecular weight excluding hydrogens is 196 g/mol. The van der Waals surface area contributed by atoms with Gasteiger partial charge in [0.05, 0.1) is 0 Å². The zero-order valence-electron chi connectivity index (χ0n) is 9.32.